The highest BCUT2D eigenvalue weighted by Crippen LogP contribution is 2.38. The number of benzene rings is 4. The molecule has 10 nitrogen and oxygen atoms in total. The molecule has 0 saturated heterocycles. The van der Waals surface area contributed by atoms with Gasteiger partial charge in [0.15, 0.2) is 11.6 Å². The lowest BCUT2D eigenvalue weighted by atomic mass is 9.82. The maximum absolute atomic E-state index is 13.4. The zero-order chi connectivity index (χ0) is 44.5. The predicted octanol–water partition coefficient (Wildman–Crippen LogP) is 11.1. The number of aromatic nitrogens is 10. The normalized spacial score (nSPS) is 18.2. The van der Waals surface area contributed by atoms with Crippen LogP contribution in [0.3, 0.4) is 0 Å². The molecular formula is C52H52F2N10. The summed E-state index contributed by atoms with van der Waals surface area (Å²) in [6.07, 6.45) is 17.8. The molecule has 4 aromatic carbocycles. The number of fused-ring (bicyclic) bond motifs is 2. The molecule has 0 amide bonds. The third-order valence-corrected chi connectivity index (χ3v) is 12.4. The molecule has 10 rings (SSSR count). The molecule has 0 saturated carbocycles. The highest BCUT2D eigenvalue weighted by atomic mass is 19.1. The van der Waals surface area contributed by atoms with E-state index < -0.39 is 0 Å². The highest BCUT2D eigenvalue weighted by Gasteiger charge is 2.32. The molecule has 0 spiro atoms. The van der Waals surface area contributed by atoms with Crippen molar-refractivity contribution >= 4 is 24.3 Å². The number of hydrogen-bond acceptors (Lipinski definition) is 6. The third-order valence-electron chi connectivity index (χ3n) is 12.4. The fourth-order valence-corrected chi connectivity index (χ4v) is 9.06. The maximum atomic E-state index is 13.4. The van der Waals surface area contributed by atoms with Crippen LogP contribution in [0.1, 0.15) is 107 Å². The van der Waals surface area contributed by atoms with Crippen LogP contribution >= 0.6 is 0 Å². The Morgan fingerprint density at radius 1 is 0.531 bits per heavy atom. The second-order valence-electron chi connectivity index (χ2n) is 17.3. The lowest BCUT2D eigenvalue weighted by Gasteiger charge is -2.28. The summed E-state index contributed by atoms with van der Waals surface area (Å²) in [4.78, 5) is 18.3. The molecule has 0 radical (unpaired) electrons. The number of imidazole rings is 2. The van der Waals surface area contributed by atoms with Gasteiger partial charge in [0, 0.05) is 48.7 Å². The average Bonchev–Trinajstić information content (AvgIpc) is 4.10. The first-order chi connectivity index (χ1) is 30.9. The molecule has 2 aliphatic heterocycles. The van der Waals surface area contributed by atoms with Gasteiger partial charge >= 0.3 is 0 Å². The Morgan fingerprint density at radius 2 is 0.938 bits per heavy atom. The van der Waals surface area contributed by atoms with E-state index in [0.717, 1.165) is 82.6 Å². The van der Waals surface area contributed by atoms with Crippen molar-refractivity contribution in [3.8, 4) is 11.4 Å². The summed E-state index contributed by atoms with van der Waals surface area (Å²) in [5.74, 6) is 3.99. The lowest BCUT2D eigenvalue weighted by Crippen LogP contribution is -2.24. The quantitative estimate of drug-likeness (QED) is 0.151. The first-order valence-electron chi connectivity index (χ1n) is 22.0. The van der Waals surface area contributed by atoms with Crippen molar-refractivity contribution in [3.63, 3.8) is 0 Å². The Morgan fingerprint density at radius 3 is 1.30 bits per heavy atom. The van der Waals surface area contributed by atoms with E-state index in [2.05, 4.69) is 74.1 Å². The van der Waals surface area contributed by atoms with Crippen molar-refractivity contribution in [2.45, 2.75) is 79.3 Å². The predicted molar refractivity (Wildman–Crippen MR) is 248 cm³/mol. The summed E-state index contributed by atoms with van der Waals surface area (Å²) >= 11 is 0. The first kappa shape index (κ1) is 42.2. The Hall–Kier alpha value is -7.08. The molecule has 2 aliphatic rings. The summed E-state index contributed by atoms with van der Waals surface area (Å²) in [6, 6.07) is 26.2. The lowest BCUT2D eigenvalue weighted by molar-refractivity contribution is 0.347. The molecular weight excluding hydrogens is 803 g/mol. The smallest absolute Gasteiger partial charge is 0.174 e. The number of hydrogen-bond donors (Lipinski definition) is 0. The maximum Gasteiger partial charge on any atom is 0.174 e. The van der Waals surface area contributed by atoms with Gasteiger partial charge in [0.1, 0.15) is 23.3 Å². The Labute approximate surface area is 372 Å². The Balaban J connectivity index is 0.000000162. The summed E-state index contributed by atoms with van der Waals surface area (Å²) < 4.78 is 34.9. The van der Waals surface area contributed by atoms with E-state index in [-0.39, 0.29) is 23.5 Å². The number of halogens is 2. The van der Waals surface area contributed by atoms with Crippen LogP contribution in [-0.4, -0.2) is 48.6 Å². The molecule has 0 aliphatic carbocycles. The van der Waals surface area contributed by atoms with Gasteiger partial charge in [-0.05, 0) is 146 Å². The van der Waals surface area contributed by atoms with Gasteiger partial charge in [-0.15, -0.1) is 0 Å². The number of aryl methyl sites for hydroxylation is 6. The van der Waals surface area contributed by atoms with Crippen LogP contribution in [-0.2, 0) is 13.1 Å². The summed E-state index contributed by atoms with van der Waals surface area (Å²) in [5.41, 5.74) is 10.9. The second-order valence-corrected chi connectivity index (χ2v) is 17.3. The standard InChI is InChI=1S/2C26H26FN5/c2*1-17-12-13-32-26(25(17)21-6-8-22(27)9-7-21)29-24(30-32)11-5-20-4-10-23(18(2)14-20)31-15-19(3)28-16-31/h2*4-11,14-17,25H,12-13H2,1-3H3/b2*11-5+/t17-,25?;17-,25-/m01/s1. The fraction of sp³-hybridized carbons (Fsp3) is 0.269. The minimum atomic E-state index is -0.216. The van der Waals surface area contributed by atoms with Crippen molar-refractivity contribution in [2.75, 3.05) is 0 Å². The van der Waals surface area contributed by atoms with Crippen LogP contribution in [0, 0.1) is 51.2 Å². The van der Waals surface area contributed by atoms with Gasteiger partial charge < -0.3 is 9.13 Å². The molecule has 12 heteroatoms. The van der Waals surface area contributed by atoms with Crippen molar-refractivity contribution in [3.05, 3.63) is 190 Å². The second kappa shape index (κ2) is 18.0. The summed E-state index contributed by atoms with van der Waals surface area (Å²) in [6.45, 7) is 14.3. The van der Waals surface area contributed by atoms with Crippen LogP contribution in [0.2, 0.25) is 0 Å². The molecule has 6 heterocycles. The monoisotopic (exact) mass is 854 g/mol. The summed E-state index contributed by atoms with van der Waals surface area (Å²) in [7, 11) is 0. The average molecular weight is 855 g/mol. The van der Waals surface area contributed by atoms with Crippen molar-refractivity contribution in [1.82, 2.24) is 48.6 Å². The van der Waals surface area contributed by atoms with Crippen molar-refractivity contribution in [1.29, 1.82) is 0 Å². The van der Waals surface area contributed by atoms with E-state index >= 15 is 0 Å². The van der Waals surface area contributed by atoms with Gasteiger partial charge in [-0.3, -0.25) is 0 Å². The van der Waals surface area contributed by atoms with Crippen LogP contribution in [0.5, 0.6) is 0 Å². The summed E-state index contributed by atoms with van der Waals surface area (Å²) in [5, 5.41) is 9.43. The van der Waals surface area contributed by atoms with Crippen LogP contribution in [0.25, 0.3) is 35.7 Å². The minimum Gasteiger partial charge on any atom is -0.306 e. The van der Waals surface area contributed by atoms with Gasteiger partial charge in [0.2, 0.25) is 0 Å². The fourth-order valence-electron chi connectivity index (χ4n) is 9.06. The van der Waals surface area contributed by atoms with E-state index in [1.165, 1.54) is 35.4 Å². The van der Waals surface area contributed by atoms with Gasteiger partial charge in [-0.25, -0.2) is 38.1 Å². The topological polar surface area (TPSA) is 97.1 Å². The number of rotatable bonds is 8. The van der Waals surface area contributed by atoms with E-state index in [9.17, 15) is 8.78 Å². The van der Waals surface area contributed by atoms with E-state index in [1.807, 2.05) is 106 Å². The van der Waals surface area contributed by atoms with Gasteiger partial charge in [-0.2, -0.15) is 10.2 Å². The molecule has 4 aromatic heterocycles. The van der Waals surface area contributed by atoms with Gasteiger partial charge in [0.25, 0.3) is 0 Å². The molecule has 8 aromatic rings. The minimum absolute atomic E-state index is 0.124. The third kappa shape index (κ3) is 9.04. The van der Waals surface area contributed by atoms with E-state index in [1.54, 1.807) is 0 Å². The van der Waals surface area contributed by atoms with Gasteiger partial charge in [-0.1, -0.05) is 62.4 Å². The molecule has 0 N–H and O–H groups in total. The van der Waals surface area contributed by atoms with Crippen LogP contribution in [0.4, 0.5) is 8.78 Å². The van der Waals surface area contributed by atoms with Crippen molar-refractivity contribution < 1.29 is 8.78 Å². The van der Waals surface area contributed by atoms with E-state index in [4.69, 9.17) is 20.2 Å². The zero-order valence-electron chi connectivity index (χ0n) is 37.1. The van der Waals surface area contributed by atoms with Gasteiger partial charge in [0.05, 0.1) is 24.0 Å². The van der Waals surface area contributed by atoms with Crippen molar-refractivity contribution in [2.24, 2.45) is 11.8 Å². The van der Waals surface area contributed by atoms with E-state index in [0.29, 0.717) is 23.5 Å². The highest BCUT2D eigenvalue weighted by molar-refractivity contribution is 5.69. The zero-order valence-corrected chi connectivity index (χ0v) is 37.1. The molecule has 324 valence electrons. The van der Waals surface area contributed by atoms with Crippen LogP contribution in [0.15, 0.2) is 110 Å². The van der Waals surface area contributed by atoms with Crippen LogP contribution < -0.4 is 0 Å². The first-order valence-corrected chi connectivity index (χ1v) is 22.0. The largest absolute Gasteiger partial charge is 0.306 e. The molecule has 4 atom stereocenters. The molecule has 64 heavy (non-hydrogen) atoms. The number of nitrogens with zero attached hydrogens (tertiary/aromatic N) is 10. The molecule has 1 unspecified atom stereocenters. The Bertz CT molecular complexity index is 2770. The SMILES string of the molecule is Cc1cn(-c2ccc(/C=C/c3nc4n(n3)CC[C@@H](C)[C@@H]4c3ccc(F)cc3)cc2C)cn1.Cc1cn(-c2ccc(/C=C/c3nc4n(n3)CC[C@H](C)C4c3ccc(F)cc3)cc2C)cn1. The molecule has 0 fully saturated rings. The Kier molecular flexibility index (Phi) is 11.8. The molecule has 0 bridgehead atoms.